The van der Waals surface area contributed by atoms with Crippen molar-refractivity contribution in [3.8, 4) is 0 Å². The van der Waals surface area contributed by atoms with Gasteiger partial charge in [-0.3, -0.25) is 9.69 Å². The first-order valence-corrected chi connectivity index (χ1v) is 4.33. The van der Waals surface area contributed by atoms with Gasteiger partial charge in [-0.15, -0.1) is 0 Å². The average molecular weight is 193 g/mol. The van der Waals surface area contributed by atoms with E-state index < -0.39 is 18.3 Å². The van der Waals surface area contributed by atoms with Gasteiger partial charge in [0.05, 0.1) is 12.5 Å². The van der Waals surface area contributed by atoms with Crippen molar-refractivity contribution < 1.29 is 18.7 Å². The van der Waals surface area contributed by atoms with E-state index in [2.05, 4.69) is 0 Å². The molecule has 1 rings (SSSR count). The molecule has 13 heavy (non-hydrogen) atoms. The Kier molecular flexibility index (Phi) is 3.59. The summed E-state index contributed by atoms with van der Waals surface area (Å²) < 4.78 is 23.9. The van der Waals surface area contributed by atoms with Crippen molar-refractivity contribution in [2.75, 3.05) is 19.6 Å². The lowest BCUT2D eigenvalue weighted by Gasteiger charge is -2.30. The predicted molar refractivity (Wildman–Crippen MR) is 42.8 cm³/mol. The third-order valence-corrected chi connectivity index (χ3v) is 2.25. The second-order valence-corrected chi connectivity index (χ2v) is 3.33. The van der Waals surface area contributed by atoms with Crippen LogP contribution in [-0.2, 0) is 4.79 Å². The molecular weight excluding hydrogens is 180 g/mol. The highest BCUT2D eigenvalue weighted by molar-refractivity contribution is 5.70. The van der Waals surface area contributed by atoms with Crippen molar-refractivity contribution in [3.05, 3.63) is 0 Å². The molecule has 0 amide bonds. The fourth-order valence-electron chi connectivity index (χ4n) is 1.62. The highest BCUT2D eigenvalue weighted by atomic mass is 19.3. The van der Waals surface area contributed by atoms with Crippen molar-refractivity contribution in [2.24, 2.45) is 5.92 Å². The maximum atomic E-state index is 12.0. The van der Waals surface area contributed by atoms with E-state index in [0.29, 0.717) is 19.4 Å². The first kappa shape index (κ1) is 10.4. The molecule has 1 aliphatic heterocycles. The van der Waals surface area contributed by atoms with Gasteiger partial charge in [0, 0.05) is 6.54 Å². The van der Waals surface area contributed by atoms with Crippen LogP contribution in [0.15, 0.2) is 0 Å². The van der Waals surface area contributed by atoms with Crippen LogP contribution < -0.4 is 0 Å². The Morgan fingerprint density at radius 2 is 2.31 bits per heavy atom. The predicted octanol–water partition coefficient (Wildman–Crippen LogP) is 1.05. The first-order valence-electron chi connectivity index (χ1n) is 4.33. The highest BCUT2D eigenvalue weighted by Crippen LogP contribution is 2.17. The molecular formula is C8H13F2NO2. The Balaban J connectivity index is 2.37. The summed E-state index contributed by atoms with van der Waals surface area (Å²) in [4.78, 5) is 12.1. The van der Waals surface area contributed by atoms with Gasteiger partial charge in [-0.05, 0) is 19.4 Å². The molecule has 1 saturated heterocycles. The van der Waals surface area contributed by atoms with Gasteiger partial charge in [0.25, 0.3) is 6.43 Å². The van der Waals surface area contributed by atoms with Gasteiger partial charge in [0.15, 0.2) is 0 Å². The SMILES string of the molecule is O=C(O)[C@@H]1CCCN(CC(F)F)C1. The summed E-state index contributed by atoms with van der Waals surface area (Å²) in [7, 11) is 0. The zero-order valence-corrected chi connectivity index (χ0v) is 7.25. The quantitative estimate of drug-likeness (QED) is 0.728. The minimum atomic E-state index is -2.37. The van der Waals surface area contributed by atoms with Crippen LogP contribution in [0.25, 0.3) is 0 Å². The van der Waals surface area contributed by atoms with E-state index >= 15 is 0 Å². The molecule has 1 aliphatic rings. The van der Waals surface area contributed by atoms with Crippen molar-refractivity contribution in [3.63, 3.8) is 0 Å². The fourth-order valence-corrected chi connectivity index (χ4v) is 1.62. The van der Waals surface area contributed by atoms with Crippen LogP contribution in [-0.4, -0.2) is 42.0 Å². The summed E-state index contributed by atoms with van der Waals surface area (Å²) in [5.41, 5.74) is 0. The summed E-state index contributed by atoms with van der Waals surface area (Å²) >= 11 is 0. The number of carboxylic acid groups (broad SMARTS) is 1. The van der Waals surface area contributed by atoms with E-state index in [4.69, 9.17) is 5.11 Å². The maximum Gasteiger partial charge on any atom is 0.307 e. The van der Waals surface area contributed by atoms with E-state index in [0.717, 1.165) is 0 Å². The Hall–Kier alpha value is -0.710. The van der Waals surface area contributed by atoms with Crippen LogP contribution in [0.1, 0.15) is 12.8 Å². The molecule has 1 fully saturated rings. The second kappa shape index (κ2) is 4.50. The van der Waals surface area contributed by atoms with Crippen LogP contribution in [0.4, 0.5) is 8.78 Å². The number of halogens is 2. The van der Waals surface area contributed by atoms with E-state index in [1.807, 2.05) is 0 Å². The number of nitrogens with zero attached hydrogens (tertiary/aromatic N) is 1. The zero-order chi connectivity index (χ0) is 9.84. The monoisotopic (exact) mass is 193 g/mol. The van der Waals surface area contributed by atoms with Crippen molar-refractivity contribution >= 4 is 5.97 Å². The number of carboxylic acids is 1. The average Bonchev–Trinajstić information content (AvgIpc) is 2.03. The number of piperidine rings is 1. The normalized spacial score (nSPS) is 25.0. The fraction of sp³-hybridized carbons (Fsp3) is 0.875. The molecule has 0 aromatic carbocycles. The maximum absolute atomic E-state index is 12.0. The van der Waals surface area contributed by atoms with Crippen LogP contribution in [0.2, 0.25) is 0 Å². The van der Waals surface area contributed by atoms with Crippen LogP contribution in [0, 0.1) is 5.92 Å². The Labute approximate surface area is 75.3 Å². The zero-order valence-electron chi connectivity index (χ0n) is 7.25. The third kappa shape index (κ3) is 3.26. The summed E-state index contributed by atoms with van der Waals surface area (Å²) in [6.45, 7) is 0.553. The molecule has 5 heteroatoms. The van der Waals surface area contributed by atoms with Crippen LogP contribution in [0.3, 0.4) is 0 Å². The number of carbonyl (C=O) groups is 1. The smallest absolute Gasteiger partial charge is 0.307 e. The number of rotatable bonds is 3. The molecule has 0 aliphatic carbocycles. The molecule has 0 aromatic heterocycles. The van der Waals surface area contributed by atoms with Crippen LogP contribution >= 0.6 is 0 Å². The van der Waals surface area contributed by atoms with E-state index in [1.54, 1.807) is 0 Å². The van der Waals surface area contributed by atoms with Gasteiger partial charge in [-0.2, -0.15) is 0 Å². The summed E-state index contributed by atoms with van der Waals surface area (Å²) in [5, 5.41) is 8.68. The number of aliphatic carboxylic acids is 1. The second-order valence-electron chi connectivity index (χ2n) is 3.33. The standard InChI is InChI=1S/C8H13F2NO2/c9-7(10)5-11-3-1-2-6(4-11)8(12)13/h6-7H,1-5H2,(H,12,13)/t6-/m1/s1. The summed E-state index contributed by atoms with van der Waals surface area (Å²) in [6.07, 6.45) is -1.06. The topological polar surface area (TPSA) is 40.5 Å². The first-order chi connectivity index (χ1) is 6.09. The highest BCUT2D eigenvalue weighted by Gasteiger charge is 2.26. The van der Waals surface area contributed by atoms with Crippen molar-refractivity contribution in [2.45, 2.75) is 19.3 Å². The van der Waals surface area contributed by atoms with Gasteiger partial charge in [0.2, 0.25) is 0 Å². The summed E-state index contributed by atoms with van der Waals surface area (Å²) in [6, 6.07) is 0. The number of hydrogen-bond donors (Lipinski definition) is 1. The Morgan fingerprint density at radius 1 is 1.62 bits per heavy atom. The van der Waals surface area contributed by atoms with Gasteiger partial charge >= 0.3 is 5.97 Å². The van der Waals surface area contributed by atoms with Gasteiger partial charge < -0.3 is 5.11 Å². The minimum absolute atomic E-state index is 0.264. The summed E-state index contributed by atoms with van der Waals surface area (Å²) in [5.74, 6) is -1.34. The molecule has 1 heterocycles. The van der Waals surface area contributed by atoms with Crippen LogP contribution in [0.5, 0.6) is 0 Å². The number of hydrogen-bond acceptors (Lipinski definition) is 2. The molecule has 0 unspecified atom stereocenters. The lowest BCUT2D eigenvalue weighted by Crippen LogP contribution is -2.40. The minimum Gasteiger partial charge on any atom is -0.481 e. The molecule has 3 nitrogen and oxygen atoms in total. The van der Waals surface area contributed by atoms with Gasteiger partial charge in [0.1, 0.15) is 0 Å². The number of alkyl halides is 2. The molecule has 0 bridgehead atoms. The van der Waals surface area contributed by atoms with Gasteiger partial charge in [-0.25, -0.2) is 8.78 Å². The Bertz CT molecular complexity index is 187. The molecule has 1 atom stereocenters. The lowest BCUT2D eigenvalue weighted by atomic mass is 9.98. The van der Waals surface area contributed by atoms with Crippen molar-refractivity contribution in [1.82, 2.24) is 4.90 Å². The van der Waals surface area contributed by atoms with E-state index in [1.165, 1.54) is 4.90 Å². The van der Waals surface area contributed by atoms with Crippen molar-refractivity contribution in [1.29, 1.82) is 0 Å². The lowest BCUT2D eigenvalue weighted by molar-refractivity contribution is -0.143. The molecule has 1 N–H and O–H groups in total. The molecule has 0 saturated carbocycles. The number of likely N-dealkylation sites (tertiary alicyclic amines) is 1. The van der Waals surface area contributed by atoms with E-state index in [9.17, 15) is 13.6 Å². The van der Waals surface area contributed by atoms with E-state index in [-0.39, 0.29) is 13.1 Å². The van der Waals surface area contributed by atoms with Gasteiger partial charge in [-0.1, -0.05) is 0 Å². The molecule has 76 valence electrons. The molecule has 0 spiro atoms. The molecule has 0 radical (unpaired) electrons. The Morgan fingerprint density at radius 3 is 2.85 bits per heavy atom. The third-order valence-electron chi connectivity index (χ3n) is 2.25. The molecule has 0 aromatic rings. The largest absolute Gasteiger partial charge is 0.481 e.